The summed E-state index contributed by atoms with van der Waals surface area (Å²) in [5.74, 6) is -1.42. The Morgan fingerprint density at radius 1 is 1.14 bits per heavy atom. The van der Waals surface area contributed by atoms with Gasteiger partial charge in [-0.1, -0.05) is 18.2 Å². The van der Waals surface area contributed by atoms with Crippen molar-refractivity contribution in [2.24, 2.45) is 0 Å². The van der Waals surface area contributed by atoms with E-state index in [1.165, 1.54) is 12.1 Å². The molecule has 2 heterocycles. The van der Waals surface area contributed by atoms with Crippen LogP contribution in [-0.2, 0) is 16.1 Å². The molecule has 3 rings (SSSR count). The van der Waals surface area contributed by atoms with Crippen molar-refractivity contribution in [3.8, 4) is 22.6 Å². The van der Waals surface area contributed by atoms with Crippen LogP contribution >= 0.6 is 0 Å². The fraction of sp³-hybridized carbons (Fsp3) is 0.200. The second-order valence-corrected chi connectivity index (χ2v) is 6.44. The summed E-state index contributed by atoms with van der Waals surface area (Å²) in [5, 5.41) is 5.04. The van der Waals surface area contributed by atoms with E-state index in [-0.39, 0.29) is 18.4 Å². The Kier molecular flexibility index (Phi) is 5.78. The normalized spacial score (nSPS) is 10.7. The summed E-state index contributed by atoms with van der Waals surface area (Å²) in [6.07, 6.45) is 1.64. The summed E-state index contributed by atoms with van der Waals surface area (Å²) in [5.41, 5.74) is 2.31. The van der Waals surface area contributed by atoms with Crippen molar-refractivity contribution in [2.45, 2.75) is 26.4 Å². The largest absolute Gasteiger partial charge is 0.346 e. The van der Waals surface area contributed by atoms with Gasteiger partial charge in [0.25, 0.3) is 0 Å². The van der Waals surface area contributed by atoms with Gasteiger partial charge in [-0.25, -0.2) is 9.37 Å². The third-order valence-corrected chi connectivity index (χ3v) is 3.81. The minimum atomic E-state index is -0.753. The Morgan fingerprint density at radius 2 is 1.96 bits per heavy atom. The van der Waals surface area contributed by atoms with Gasteiger partial charge in [0.1, 0.15) is 11.6 Å². The summed E-state index contributed by atoms with van der Waals surface area (Å²) in [6.45, 7) is 3.55. The van der Waals surface area contributed by atoms with Crippen LogP contribution in [0.3, 0.4) is 0 Å². The number of nitrogens with zero attached hydrogens (tertiary/aromatic N) is 2. The molecule has 0 spiro atoms. The molecule has 0 unspecified atom stereocenters. The molecule has 0 atom stereocenters. The summed E-state index contributed by atoms with van der Waals surface area (Å²) < 4.78 is 13.7. The molecular weight excluding hydrogens is 361 g/mol. The number of hydrogen-bond donors (Lipinski definition) is 3. The first-order valence-corrected chi connectivity index (χ1v) is 8.79. The summed E-state index contributed by atoms with van der Waals surface area (Å²) in [7, 11) is 0. The molecule has 0 aliphatic heterocycles. The highest BCUT2D eigenvalue weighted by atomic mass is 19.1. The number of carbonyl (C=O) groups excluding carboxylic acids is 2. The van der Waals surface area contributed by atoms with Crippen LogP contribution < -0.4 is 10.6 Å². The lowest BCUT2D eigenvalue weighted by atomic mass is 10.1. The zero-order chi connectivity index (χ0) is 20.1. The molecule has 144 valence electrons. The van der Waals surface area contributed by atoms with Crippen molar-refractivity contribution in [3.63, 3.8) is 0 Å². The molecule has 3 aromatic rings. The van der Waals surface area contributed by atoms with Crippen LogP contribution in [0.4, 0.5) is 4.39 Å². The van der Waals surface area contributed by atoms with E-state index in [1.807, 2.05) is 6.07 Å². The fourth-order valence-electron chi connectivity index (χ4n) is 2.62. The standard InChI is InChI=1S/C20H20FN5O2/c1-12(2)24-20(28)19(27)23-11-16-25-17(13-6-5-7-14(21)10-13)18(26-16)15-8-3-4-9-22-15/h3-10,12H,11H2,1-2H3,(H,23,27)(H,24,28)(H,25,26). The van der Waals surface area contributed by atoms with Crippen LogP contribution in [0.25, 0.3) is 22.6 Å². The second kappa shape index (κ2) is 8.43. The predicted molar refractivity (Wildman–Crippen MR) is 102 cm³/mol. The lowest BCUT2D eigenvalue weighted by Crippen LogP contribution is -2.42. The second-order valence-electron chi connectivity index (χ2n) is 6.44. The Hall–Kier alpha value is -3.55. The van der Waals surface area contributed by atoms with Crippen LogP contribution in [-0.4, -0.2) is 32.8 Å². The van der Waals surface area contributed by atoms with Crippen LogP contribution in [0, 0.1) is 5.82 Å². The fourth-order valence-corrected chi connectivity index (χ4v) is 2.62. The van der Waals surface area contributed by atoms with Gasteiger partial charge >= 0.3 is 11.8 Å². The van der Waals surface area contributed by atoms with Gasteiger partial charge < -0.3 is 15.6 Å². The van der Waals surface area contributed by atoms with Gasteiger partial charge in [-0.2, -0.15) is 0 Å². The Morgan fingerprint density at radius 3 is 2.64 bits per heavy atom. The average Bonchev–Trinajstić information content (AvgIpc) is 3.10. The number of H-pyrrole nitrogens is 1. The van der Waals surface area contributed by atoms with E-state index in [4.69, 9.17) is 0 Å². The number of carbonyl (C=O) groups is 2. The van der Waals surface area contributed by atoms with E-state index in [1.54, 1.807) is 44.3 Å². The monoisotopic (exact) mass is 381 g/mol. The maximum atomic E-state index is 13.7. The third-order valence-electron chi connectivity index (χ3n) is 3.81. The number of hydrogen-bond acceptors (Lipinski definition) is 4. The number of nitrogens with one attached hydrogen (secondary N) is 3. The van der Waals surface area contributed by atoms with E-state index >= 15 is 0 Å². The van der Waals surface area contributed by atoms with Crippen LogP contribution in [0.1, 0.15) is 19.7 Å². The van der Waals surface area contributed by atoms with Crippen molar-refractivity contribution in [1.82, 2.24) is 25.6 Å². The van der Waals surface area contributed by atoms with E-state index in [0.29, 0.717) is 28.5 Å². The highest BCUT2D eigenvalue weighted by Gasteiger charge is 2.18. The quantitative estimate of drug-likeness (QED) is 0.591. The zero-order valence-corrected chi connectivity index (χ0v) is 15.5. The SMILES string of the molecule is CC(C)NC(=O)C(=O)NCc1nc(-c2cccc(F)c2)c(-c2ccccn2)[nH]1. The molecule has 1 aromatic carbocycles. The first kappa shape index (κ1) is 19.2. The molecule has 3 N–H and O–H groups in total. The molecule has 2 aromatic heterocycles. The van der Waals surface area contributed by atoms with E-state index < -0.39 is 11.8 Å². The van der Waals surface area contributed by atoms with Crippen LogP contribution in [0.2, 0.25) is 0 Å². The van der Waals surface area contributed by atoms with Crippen molar-refractivity contribution >= 4 is 11.8 Å². The number of aromatic amines is 1. The van der Waals surface area contributed by atoms with Crippen molar-refractivity contribution < 1.29 is 14.0 Å². The highest BCUT2D eigenvalue weighted by molar-refractivity contribution is 6.35. The molecule has 0 radical (unpaired) electrons. The van der Waals surface area contributed by atoms with Crippen molar-refractivity contribution in [2.75, 3.05) is 0 Å². The molecule has 0 saturated carbocycles. The summed E-state index contributed by atoms with van der Waals surface area (Å²) in [6, 6.07) is 11.3. The van der Waals surface area contributed by atoms with E-state index in [9.17, 15) is 14.0 Å². The first-order chi connectivity index (χ1) is 13.4. The maximum Gasteiger partial charge on any atom is 0.309 e. The molecule has 8 heteroatoms. The maximum absolute atomic E-state index is 13.7. The number of benzene rings is 1. The number of halogens is 1. The van der Waals surface area contributed by atoms with Crippen LogP contribution in [0.15, 0.2) is 48.7 Å². The summed E-state index contributed by atoms with van der Waals surface area (Å²) in [4.78, 5) is 35.5. The Labute approximate surface area is 161 Å². The predicted octanol–water partition coefficient (Wildman–Crippen LogP) is 2.42. The minimum absolute atomic E-state index is 0.0134. The Balaban J connectivity index is 1.87. The number of rotatable bonds is 5. The number of pyridine rings is 1. The summed E-state index contributed by atoms with van der Waals surface area (Å²) >= 11 is 0. The smallest absolute Gasteiger partial charge is 0.309 e. The van der Waals surface area contributed by atoms with Gasteiger partial charge in [0.2, 0.25) is 0 Å². The zero-order valence-electron chi connectivity index (χ0n) is 15.5. The lowest BCUT2D eigenvalue weighted by molar-refractivity contribution is -0.139. The minimum Gasteiger partial charge on any atom is -0.346 e. The van der Waals surface area contributed by atoms with Crippen molar-refractivity contribution in [3.05, 3.63) is 60.3 Å². The van der Waals surface area contributed by atoms with Gasteiger partial charge in [-0.05, 0) is 38.1 Å². The molecule has 0 saturated heterocycles. The van der Waals surface area contributed by atoms with Crippen molar-refractivity contribution in [1.29, 1.82) is 0 Å². The molecule has 0 bridgehead atoms. The van der Waals surface area contributed by atoms with E-state index in [2.05, 4.69) is 25.6 Å². The van der Waals surface area contributed by atoms with Gasteiger partial charge in [-0.15, -0.1) is 0 Å². The number of imidazole rings is 1. The van der Waals surface area contributed by atoms with Gasteiger partial charge in [0, 0.05) is 17.8 Å². The molecule has 2 amide bonds. The first-order valence-electron chi connectivity index (χ1n) is 8.79. The molecular formula is C20H20FN5O2. The van der Waals surface area contributed by atoms with Crippen LogP contribution in [0.5, 0.6) is 0 Å². The number of amides is 2. The van der Waals surface area contributed by atoms with E-state index in [0.717, 1.165) is 0 Å². The molecule has 0 fully saturated rings. The van der Waals surface area contributed by atoms with Gasteiger partial charge in [0.05, 0.1) is 23.6 Å². The average molecular weight is 381 g/mol. The van der Waals surface area contributed by atoms with Gasteiger partial charge in [-0.3, -0.25) is 14.6 Å². The highest BCUT2D eigenvalue weighted by Crippen LogP contribution is 2.29. The number of aromatic nitrogens is 3. The molecule has 0 aliphatic rings. The lowest BCUT2D eigenvalue weighted by Gasteiger charge is -2.07. The molecule has 28 heavy (non-hydrogen) atoms. The van der Waals surface area contributed by atoms with Gasteiger partial charge in [0.15, 0.2) is 0 Å². The Bertz CT molecular complexity index is 985. The molecule has 0 aliphatic carbocycles. The molecule has 7 nitrogen and oxygen atoms in total. The topological polar surface area (TPSA) is 99.8 Å². The third kappa shape index (κ3) is 4.59.